The van der Waals surface area contributed by atoms with Gasteiger partial charge in [-0.05, 0) is 118 Å². The summed E-state index contributed by atoms with van der Waals surface area (Å²) in [5.74, 6) is 0.399. The van der Waals surface area contributed by atoms with E-state index in [0.29, 0.717) is 16.5 Å². The first kappa shape index (κ1) is 27.6. The SMILES string of the molecule is CCc1c2c(n(S(=O)(=O)c3ccccc3)c1C)CCC(CCN1CCC(/C(=N/O)c3ccc(F)cc3)CC1)C2. The van der Waals surface area contributed by atoms with E-state index in [9.17, 15) is 18.0 Å². The number of nitrogens with zero attached hydrogens (tertiary/aromatic N) is 3. The zero-order valence-electron chi connectivity index (χ0n) is 22.8. The van der Waals surface area contributed by atoms with Crippen LogP contribution in [0.3, 0.4) is 0 Å². The molecule has 2 aliphatic rings. The number of halogens is 1. The molecule has 1 saturated heterocycles. The largest absolute Gasteiger partial charge is 0.411 e. The van der Waals surface area contributed by atoms with Crippen LogP contribution in [0.2, 0.25) is 0 Å². The summed E-state index contributed by atoms with van der Waals surface area (Å²) in [7, 11) is -3.62. The summed E-state index contributed by atoms with van der Waals surface area (Å²) in [6.45, 7) is 6.96. The lowest BCUT2D eigenvalue weighted by molar-refractivity contribution is 0.191. The third-order valence-corrected chi connectivity index (χ3v) is 10.5. The molecule has 2 heterocycles. The molecule has 0 saturated carbocycles. The lowest BCUT2D eigenvalue weighted by Crippen LogP contribution is -2.38. The summed E-state index contributed by atoms with van der Waals surface area (Å²) < 4.78 is 42.1. The quantitative estimate of drug-likeness (QED) is 0.218. The van der Waals surface area contributed by atoms with Gasteiger partial charge in [0.05, 0.1) is 10.6 Å². The van der Waals surface area contributed by atoms with E-state index in [2.05, 4.69) is 17.0 Å². The average molecular weight is 552 g/mol. The molecule has 1 unspecified atom stereocenters. The molecule has 3 aromatic rings. The first-order valence-corrected chi connectivity index (χ1v) is 15.5. The number of benzene rings is 2. The van der Waals surface area contributed by atoms with E-state index in [1.165, 1.54) is 23.3 Å². The molecule has 6 nitrogen and oxygen atoms in total. The number of likely N-dealkylation sites (tertiary alicyclic amines) is 1. The zero-order valence-corrected chi connectivity index (χ0v) is 23.6. The minimum atomic E-state index is -3.62. The normalized spacial score (nSPS) is 19.3. The van der Waals surface area contributed by atoms with Gasteiger partial charge in [0.25, 0.3) is 10.0 Å². The Morgan fingerprint density at radius 3 is 2.38 bits per heavy atom. The Kier molecular flexibility index (Phi) is 8.24. The van der Waals surface area contributed by atoms with Gasteiger partial charge in [0.2, 0.25) is 0 Å². The maximum atomic E-state index is 13.6. The number of hydrogen-bond acceptors (Lipinski definition) is 5. The molecule has 0 spiro atoms. The molecule has 208 valence electrons. The maximum Gasteiger partial charge on any atom is 0.268 e. The molecular formula is C31H38FN3O3S. The standard InChI is InChI=1S/C31H38FN3O3S/c1-3-28-22(2)35(39(37,38)27-7-5-4-6-8-27)30-14-9-23(21-29(28)30)15-18-34-19-16-25(17-20-34)31(33-36)24-10-12-26(32)13-11-24/h4-8,10-13,23,25,36H,3,9,14-21H2,1-2H3/b33-31+. The van der Waals surface area contributed by atoms with Gasteiger partial charge in [0.1, 0.15) is 5.82 Å². The van der Waals surface area contributed by atoms with Gasteiger partial charge in [-0.2, -0.15) is 0 Å². The molecule has 2 aromatic carbocycles. The fourth-order valence-electron chi connectivity index (χ4n) is 6.59. The molecule has 0 amide bonds. The van der Waals surface area contributed by atoms with Gasteiger partial charge in [-0.3, -0.25) is 0 Å². The van der Waals surface area contributed by atoms with Crippen LogP contribution < -0.4 is 0 Å². The first-order valence-electron chi connectivity index (χ1n) is 14.1. The molecule has 1 N–H and O–H groups in total. The van der Waals surface area contributed by atoms with Crippen LogP contribution in [-0.2, 0) is 29.3 Å². The molecule has 0 radical (unpaired) electrons. The van der Waals surface area contributed by atoms with Crippen LogP contribution >= 0.6 is 0 Å². The minimum Gasteiger partial charge on any atom is -0.411 e. The van der Waals surface area contributed by atoms with Crippen LogP contribution in [-0.4, -0.2) is 47.8 Å². The van der Waals surface area contributed by atoms with Crippen LogP contribution in [0, 0.1) is 24.6 Å². The summed E-state index contributed by atoms with van der Waals surface area (Å²) >= 11 is 0. The number of aromatic nitrogens is 1. The smallest absolute Gasteiger partial charge is 0.268 e. The van der Waals surface area contributed by atoms with Crippen LogP contribution in [0.25, 0.3) is 0 Å². The van der Waals surface area contributed by atoms with Crippen molar-refractivity contribution in [1.29, 1.82) is 0 Å². The highest BCUT2D eigenvalue weighted by Gasteiger charge is 2.32. The van der Waals surface area contributed by atoms with Gasteiger partial charge >= 0.3 is 0 Å². The molecule has 8 heteroatoms. The number of fused-ring (bicyclic) bond motifs is 1. The fourth-order valence-corrected chi connectivity index (χ4v) is 8.27. The van der Waals surface area contributed by atoms with Crippen molar-refractivity contribution in [3.8, 4) is 0 Å². The van der Waals surface area contributed by atoms with Crippen LogP contribution in [0.15, 0.2) is 64.6 Å². The molecule has 0 bridgehead atoms. The zero-order chi connectivity index (χ0) is 27.6. The van der Waals surface area contributed by atoms with Crippen LogP contribution in [0.1, 0.15) is 60.7 Å². The van der Waals surface area contributed by atoms with E-state index in [1.807, 2.05) is 13.0 Å². The van der Waals surface area contributed by atoms with Crippen molar-refractivity contribution in [1.82, 2.24) is 8.87 Å². The molecule has 1 aliphatic heterocycles. The third-order valence-electron chi connectivity index (χ3n) is 8.69. The summed E-state index contributed by atoms with van der Waals surface area (Å²) in [5, 5.41) is 13.2. The van der Waals surface area contributed by atoms with Gasteiger partial charge in [0.15, 0.2) is 0 Å². The maximum absolute atomic E-state index is 13.6. The van der Waals surface area contributed by atoms with Crippen molar-refractivity contribution in [2.75, 3.05) is 19.6 Å². The van der Waals surface area contributed by atoms with Gasteiger partial charge in [-0.1, -0.05) is 42.4 Å². The molecule has 5 rings (SSSR count). The van der Waals surface area contributed by atoms with Crippen molar-refractivity contribution >= 4 is 15.7 Å². The summed E-state index contributed by atoms with van der Waals surface area (Å²) in [4.78, 5) is 2.83. The van der Waals surface area contributed by atoms with Crippen LogP contribution in [0.4, 0.5) is 4.39 Å². The van der Waals surface area contributed by atoms with Crippen LogP contribution in [0.5, 0.6) is 0 Å². The Balaban J connectivity index is 1.22. The molecule has 1 aliphatic carbocycles. The Hall–Kier alpha value is -2.97. The third kappa shape index (κ3) is 5.54. The fraction of sp³-hybridized carbons (Fsp3) is 0.452. The molecule has 1 atom stereocenters. The van der Waals surface area contributed by atoms with E-state index in [1.54, 1.807) is 40.4 Å². The second kappa shape index (κ2) is 11.6. The Morgan fingerprint density at radius 1 is 1.05 bits per heavy atom. The van der Waals surface area contributed by atoms with E-state index in [0.717, 1.165) is 81.5 Å². The highest BCUT2D eigenvalue weighted by molar-refractivity contribution is 7.90. The van der Waals surface area contributed by atoms with Crippen molar-refractivity contribution in [2.45, 2.75) is 63.7 Å². The van der Waals surface area contributed by atoms with Crippen molar-refractivity contribution in [2.24, 2.45) is 17.0 Å². The van der Waals surface area contributed by atoms with Crippen molar-refractivity contribution in [3.05, 3.63) is 88.5 Å². The number of piperidine rings is 1. The topological polar surface area (TPSA) is 74.9 Å². The van der Waals surface area contributed by atoms with Gasteiger partial charge in [-0.25, -0.2) is 16.8 Å². The van der Waals surface area contributed by atoms with E-state index in [-0.39, 0.29) is 11.7 Å². The summed E-state index contributed by atoms with van der Waals surface area (Å²) in [5.41, 5.74) is 5.68. The highest BCUT2D eigenvalue weighted by atomic mass is 32.2. The number of hydrogen-bond donors (Lipinski definition) is 1. The van der Waals surface area contributed by atoms with E-state index < -0.39 is 10.0 Å². The highest BCUT2D eigenvalue weighted by Crippen LogP contribution is 2.36. The number of rotatable bonds is 8. The van der Waals surface area contributed by atoms with E-state index in [4.69, 9.17) is 0 Å². The Morgan fingerprint density at radius 2 is 1.74 bits per heavy atom. The molecular weight excluding hydrogens is 513 g/mol. The predicted octanol–water partition coefficient (Wildman–Crippen LogP) is 5.82. The first-order chi connectivity index (χ1) is 18.8. The van der Waals surface area contributed by atoms with Gasteiger partial charge in [-0.15, -0.1) is 0 Å². The van der Waals surface area contributed by atoms with Gasteiger partial charge in [0, 0.05) is 17.3 Å². The van der Waals surface area contributed by atoms with Gasteiger partial charge < -0.3 is 10.1 Å². The summed E-state index contributed by atoms with van der Waals surface area (Å²) in [6.07, 6.45) is 6.43. The molecule has 1 fully saturated rings. The monoisotopic (exact) mass is 551 g/mol. The van der Waals surface area contributed by atoms with Crippen molar-refractivity contribution in [3.63, 3.8) is 0 Å². The molecule has 1 aromatic heterocycles. The lowest BCUT2D eigenvalue weighted by Gasteiger charge is -2.33. The predicted molar refractivity (Wildman–Crippen MR) is 152 cm³/mol. The number of oxime groups is 1. The Labute approximate surface area is 231 Å². The summed E-state index contributed by atoms with van der Waals surface area (Å²) in [6, 6.07) is 14.9. The minimum absolute atomic E-state index is 0.162. The average Bonchev–Trinajstić information content (AvgIpc) is 3.25. The second-order valence-electron chi connectivity index (χ2n) is 10.9. The van der Waals surface area contributed by atoms with Crippen molar-refractivity contribution < 1.29 is 18.0 Å². The Bertz CT molecular complexity index is 1420. The van der Waals surface area contributed by atoms with E-state index >= 15 is 0 Å². The lowest BCUT2D eigenvalue weighted by atomic mass is 9.83. The molecule has 39 heavy (non-hydrogen) atoms. The second-order valence-corrected chi connectivity index (χ2v) is 12.7.